The molecular formula is C14H21NO8. The highest BCUT2D eigenvalue weighted by Gasteiger charge is 2.42. The van der Waals surface area contributed by atoms with Crippen LogP contribution in [0.25, 0.3) is 0 Å². The quantitative estimate of drug-likeness (QED) is 0.417. The topological polar surface area (TPSA) is 110 Å². The van der Waals surface area contributed by atoms with Crippen molar-refractivity contribution in [3.05, 3.63) is 0 Å². The molecule has 1 rings (SSSR count). The summed E-state index contributed by atoms with van der Waals surface area (Å²) in [6.45, 7) is 6.63. The molecule has 1 aliphatic rings. The minimum Gasteiger partial charge on any atom is -0.463 e. The maximum Gasteiger partial charge on any atom is 0.303 e. The first-order valence-electron chi connectivity index (χ1n) is 7.06. The first-order valence-corrected chi connectivity index (χ1v) is 7.06. The van der Waals surface area contributed by atoms with Crippen LogP contribution in [0.4, 0.5) is 0 Å². The van der Waals surface area contributed by atoms with Gasteiger partial charge in [0.2, 0.25) is 5.90 Å². The highest BCUT2D eigenvalue weighted by atomic mass is 17.2. The van der Waals surface area contributed by atoms with Gasteiger partial charge in [-0.25, -0.2) is 4.99 Å². The Balaban J connectivity index is 3.12. The van der Waals surface area contributed by atoms with E-state index in [2.05, 4.69) is 4.99 Å². The van der Waals surface area contributed by atoms with Crippen LogP contribution in [0.1, 0.15) is 34.6 Å². The molecule has 23 heavy (non-hydrogen) atoms. The predicted octanol–water partition coefficient (Wildman–Crippen LogP) is 0.550. The van der Waals surface area contributed by atoms with Crippen LogP contribution in [-0.2, 0) is 38.4 Å². The maximum atomic E-state index is 11.4. The summed E-state index contributed by atoms with van der Waals surface area (Å²) in [5, 5.41) is 0. The average Bonchev–Trinajstić information content (AvgIpc) is 2.41. The molecular weight excluding hydrogens is 310 g/mol. The molecule has 9 nitrogen and oxygen atoms in total. The Morgan fingerprint density at radius 2 is 1.61 bits per heavy atom. The van der Waals surface area contributed by atoms with Crippen molar-refractivity contribution in [2.24, 2.45) is 4.99 Å². The van der Waals surface area contributed by atoms with Gasteiger partial charge >= 0.3 is 17.9 Å². The Morgan fingerprint density at radius 1 is 1.04 bits per heavy atom. The summed E-state index contributed by atoms with van der Waals surface area (Å²) < 4.78 is 15.3. The minimum atomic E-state index is -1.05. The molecule has 0 N–H and O–H groups in total. The van der Waals surface area contributed by atoms with Crippen molar-refractivity contribution in [2.45, 2.75) is 59.0 Å². The summed E-state index contributed by atoms with van der Waals surface area (Å²) in [5.74, 6) is -1.53. The van der Waals surface area contributed by atoms with E-state index in [9.17, 15) is 14.4 Å². The molecule has 0 radical (unpaired) electrons. The standard InChI is InChI=1S/C14H21NO8/c1-7-13(20-10(4)17)14(21-11(5)18)12(6-19-9(3)16)23-22-8(2)15-7/h7,12-14H,6H2,1-5H3. The fourth-order valence-electron chi connectivity index (χ4n) is 2.07. The molecule has 0 spiro atoms. The second-order valence-corrected chi connectivity index (χ2v) is 5.06. The van der Waals surface area contributed by atoms with E-state index in [-0.39, 0.29) is 12.5 Å². The molecule has 130 valence electrons. The zero-order valence-corrected chi connectivity index (χ0v) is 13.7. The molecule has 4 atom stereocenters. The average molecular weight is 331 g/mol. The Bertz CT molecular complexity index is 489. The summed E-state index contributed by atoms with van der Waals surface area (Å²) >= 11 is 0. The van der Waals surface area contributed by atoms with Crippen LogP contribution in [0.3, 0.4) is 0 Å². The van der Waals surface area contributed by atoms with Gasteiger partial charge < -0.3 is 19.1 Å². The normalized spacial score (nSPS) is 27.6. The van der Waals surface area contributed by atoms with Gasteiger partial charge in [0.25, 0.3) is 0 Å². The lowest BCUT2D eigenvalue weighted by Gasteiger charge is -2.34. The summed E-state index contributed by atoms with van der Waals surface area (Å²) in [5.41, 5.74) is 0. The third-order valence-electron chi connectivity index (χ3n) is 2.90. The van der Waals surface area contributed by atoms with Crippen LogP contribution in [0, 0.1) is 0 Å². The smallest absolute Gasteiger partial charge is 0.303 e. The highest BCUT2D eigenvalue weighted by molar-refractivity contribution is 5.73. The number of carbonyl (C=O) groups excluding carboxylic acids is 3. The molecule has 9 heteroatoms. The van der Waals surface area contributed by atoms with Crippen molar-refractivity contribution in [1.29, 1.82) is 0 Å². The zero-order chi connectivity index (χ0) is 17.6. The van der Waals surface area contributed by atoms with E-state index in [1.165, 1.54) is 20.8 Å². The van der Waals surface area contributed by atoms with Gasteiger partial charge in [-0.2, -0.15) is 4.89 Å². The molecule has 1 aliphatic heterocycles. The van der Waals surface area contributed by atoms with Gasteiger partial charge in [0.1, 0.15) is 6.61 Å². The minimum absolute atomic E-state index is 0.198. The molecule has 0 fully saturated rings. The highest BCUT2D eigenvalue weighted by Crippen LogP contribution is 2.21. The number of carbonyl (C=O) groups is 3. The summed E-state index contributed by atoms with van der Waals surface area (Å²) in [7, 11) is 0. The summed E-state index contributed by atoms with van der Waals surface area (Å²) in [6, 6.07) is -0.563. The van der Waals surface area contributed by atoms with Crippen LogP contribution in [-0.4, -0.2) is 54.8 Å². The first kappa shape index (κ1) is 18.9. The van der Waals surface area contributed by atoms with Crippen molar-refractivity contribution < 1.29 is 38.4 Å². The Kier molecular flexibility index (Phi) is 6.95. The van der Waals surface area contributed by atoms with Crippen molar-refractivity contribution >= 4 is 23.8 Å². The van der Waals surface area contributed by atoms with E-state index < -0.39 is 42.3 Å². The van der Waals surface area contributed by atoms with Crippen molar-refractivity contribution in [3.63, 3.8) is 0 Å². The first-order chi connectivity index (χ1) is 10.7. The van der Waals surface area contributed by atoms with Crippen molar-refractivity contribution in [1.82, 2.24) is 0 Å². The number of rotatable bonds is 4. The monoisotopic (exact) mass is 331 g/mol. The zero-order valence-electron chi connectivity index (χ0n) is 13.7. The Hall–Kier alpha value is -2.16. The van der Waals surface area contributed by atoms with Crippen LogP contribution in [0.15, 0.2) is 4.99 Å². The molecule has 0 aromatic heterocycles. The fraction of sp³-hybridized carbons (Fsp3) is 0.714. The van der Waals surface area contributed by atoms with Crippen LogP contribution >= 0.6 is 0 Å². The van der Waals surface area contributed by atoms with E-state index in [1.807, 2.05) is 0 Å². The van der Waals surface area contributed by atoms with Crippen molar-refractivity contribution in [3.8, 4) is 0 Å². The second-order valence-electron chi connectivity index (χ2n) is 5.06. The van der Waals surface area contributed by atoms with Gasteiger partial charge in [-0.3, -0.25) is 14.4 Å². The lowest BCUT2D eigenvalue weighted by Crippen LogP contribution is -2.52. The van der Waals surface area contributed by atoms with Gasteiger partial charge in [-0.1, -0.05) is 0 Å². The maximum absolute atomic E-state index is 11.4. The number of esters is 3. The third-order valence-corrected chi connectivity index (χ3v) is 2.90. The molecule has 0 aromatic rings. The third kappa shape index (κ3) is 6.23. The number of hydrogen-bond donors (Lipinski definition) is 0. The number of nitrogens with zero attached hydrogens (tertiary/aromatic N) is 1. The van der Waals surface area contributed by atoms with Crippen molar-refractivity contribution in [2.75, 3.05) is 6.61 Å². The van der Waals surface area contributed by atoms with Gasteiger partial charge in [0.05, 0.1) is 6.04 Å². The summed E-state index contributed by atoms with van der Waals surface area (Å²) in [6.07, 6.45) is -2.96. The second kappa shape index (κ2) is 8.47. The van der Waals surface area contributed by atoms with Crippen LogP contribution in [0.2, 0.25) is 0 Å². The molecule has 0 amide bonds. The Labute approximate surface area is 133 Å². The van der Waals surface area contributed by atoms with E-state index in [1.54, 1.807) is 13.8 Å². The van der Waals surface area contributed by atoms with Gasteiger partial charge in [-0.05, 0) is 6.92 Å². The molecule has 0 saturated heterocycles. The largest absolute Gasteiger partial charge is 0.463 e. The number of ether oxygens (including phenoxy) is 3. The van der Waals surface area contributed by atoms with Crippen LogP contribution in [0.5, 0.6) is 0 Å². The number of aliphatic imine (C=N–C) groups is 1. The molecule has 0 bridgehead atoms. The van der Waals surface area contributed by atoms with Gasteiger partial charge in [0, 0.05) is 27.7 Å². The van der Waals surface area contributed by atoms with Gasteiger partial charge in [0.15, 0.2) is 18.3 Å². The lowest BCUT2D eigenvalue weighted by atomic mass is 10.0. The predicted molar refractivity (Wildman–Crippen MR) is 76.3 cm³/mol. The molecule has 0 aliphatic carbocycles. The number of hydrogen-bond acceptors (Lipinski definition) is 9. The van der Waals surface area contributed by atoms with E-state index in [4.69, 9.17) is 24.0 Å². The van der Waals surface area contributed by atoms with Crippen LogP contribution < -0.4 is 0 Å². The SMILES string of the molecule is CC(=O)OCC1OOC(C)=NC(C)C(OC(C)=O)C1OC(C)=O. The molecule has 0 aromatic carbocycles. The van der Waals surface area contributed by atoms with E-state index in [0.29, 0.717) is 0 Å². The van der Waals surface area contributed by atoms with E-state index in [0.717, 1.165) is 0 Å². The molecule has 0 saturated carbocycles. The lowest BCUT2D eigenvalue weighted by molar-refractivity contribution is -0.300. The Morgan fingerprint density at radius 3 is 2.13 bits per heavy atom. The fourth-order valence-corrected chi connectivity index (χ4v) is 2.07. The van der Waals surface area contributed by atoms with Gasteiger partial charge in [-0.15, -0.1) is 0 Å². The molecule has 1 heterocycles. The molecule has 4 unspecified atom stereocenters. The summed E-state index contributed by atoms with van der Waals surface area (Å²) in [4.78, 5) is 48.1. The van der Waals surface area contributed by atoms with E-state index >= 15 is 0 Å².